The number of hydrogen-bond donors (Lipinski definition) is 1. The molecule has 0 aliphatic carbocycles. The Morgan fingerprint density at radius 2 is 1.90 bits per heavy atom. The fourth-order valence-electron chi connectivity index (χ4n) is 2.00. The second kappa shape index (κ2) is 5.74. The maximum absolute atomic E-state index is 12.0. The lowest BCUT2D eigenvalue weighted by Crippen LogP contribution is -2.28. The predicted octanol–water partition coefficient (Wildman–Crippen LogP) is 2.41. The minimum atomic E-state index is -0.202. The number of carbonyl (C=O) groups excluding carboxylic acids is 1. The van der Waals surface area contributed by atoms with Crippen molar-refractivity contribution in [1.82, 2.24) is 4.57 Å². The van der Waals surface area contributed by atoms with Crippen LogP contribution in [0.25, 0.3) is 0 Å². The largest absolute Gasteiger partial charge is 0.324 e. The second-order valence-electron chi connectivity index (χ2n) is 4.99. The van der Waals surface area contributed by atoms with Crippen molar-refractivity contribution in [1.29, 1.82) is 0 Å². The highest BCUT2D eigenvalue weighted by Crippen LogP contribution is 2.16. The standard InChI is InChI=1S/C16H18N2O2/c1-11-6-7-12(2)14(9-11)17-15(19)10-18-8-4-5-13(3)16(18)20/h4-9H,10H2,1-3H3,(H,17,19). The molecule has 0 fully saturated rings. The van der Waals surface area contributed by atoms with Gasteiger partial charge in [-0.05, 0) is 44.0 Å². The zero-order valence-corrected chi connectivity index (χ0v) is 11.9. The minimum absolute atomic E-state index is 0.0217. The quantitative estimate of drug-likeness (QED) is 0.931. The van der Waals surface area contributed by atoms with Crippen LogP contribution >= 0.6 is 0 Å². The first-order valence-corrected chi connectivity index (χ1v) is 6.50. The van der Waals surface area contributed by atoms with Crippen molar-refractivity contribution >= 4 is 11.6 Å². The van der Waals surface area contributed by atoms with E-state index in [9.17, 15) is 9.59 Å². The van der Waals surface area contributed by atoms with Crippen LogP contribution in [0, 0.1) is 20.8 Å². The first-order chi connectivity index (χ1) is 9.47. The highest BCUT2D eigenvalue weighted by Gasteiger charge is 2.07. The number of nitrogens with zero attached hydrogens (tertiary/aromatic N) is 1. The molecule has 0 aliphatic rings. The van der Waals surface area contributed by atoms with Crippen molar-refractivity contribution < 1.29 is 4.79 Å². The maximum Gasteiger partial charge on any atom is 0.253 e. The topological polar surface area (TPSA) is 51.1 Å². The number of carbonyl (C=O) groups is 1. The summed E-state index contributed by atoms with van der Waals surface area (Å²) in [4.78, 5) is 23.9. The molecule has 2 aromatic rings. The summed E-state index contributed by atoms with van der Waals surface area (Å²) < 4.78 is 1.41. The molecule has 0 unspecified atom stereocenters. The van der Waals surface area contributed by atoms with Crippen molar-refractivity contribution in [2.24, 2.45) is 0 Å². The SMILES string of the molecule is Cc1ccc(C)c(NC(=O)Cn2cccc(C)c2=O)c1. The molecular weight excluding hydrogens is 252 g/mol. The Morgan fingerprint density at radius 1 is 1.15 bits per heavy atom. The van der Waals surface area contributed by atoms with Gasteiger partial charge in [-0.15, -0.1) is 0 Å². The number of aryl methyl sites for hydroxylation is 3. The molecule has 1 aromatic carbocycles. The summed E-state index contributed by atoms with van der Waals surface area (Å²) in [7, 11) is 0. The van der Waals surface area contributed by atoms with Gasteiger partial charge < -0.3 is 9.88 Å². The number of benzene rings is 1. The molecule has 1 aromatic heterocycles. The van der Waals surface area contributed by atoms with E-state index in [1.807, 2.05) is 32.0 Å². The molecule has 0 atom stereocenters. The molecule has 1 N–H and O–H groups in total. The molecule has 2 rings (SSSR count). The van der Waals surface area contributed by atoms with E-state index in [1.165, 1.54) is 4.57 Å². The van der Waals surface area contributed by atoms with Crippen LogP contribution in [-0.4, -0.2) is 10.5 Å². The molecule has 4 nitrogen and oxygen atoms in total. The molecular formula is C16H18N2O2. The number of amides is 1. The van der Waals surface area contributed by atoms with Crippen molar-refractivity contribution in [3.8, 4) is 0 Å². The average molecular weight is 270 g/mol. The number of anilines is 1. The fraction of sp³-hybridized carbons (Fsp3) is 0.250. The third kappa shape index (κ3) is 3.15. The van der Waals surface area contributed by atoms with E-state index in [1.54, 1.807) is 25.3 Å². The van der Waals surface area contributed by atoms with Crippen LogP contribution in [0.3, 0.4) is 0 Å². The Balaban J connectivity index is 2.15. The smallest absolute Gasteiger partial charge is 0.253 e. The molecule has 0 spiro atoms. The molecule has 20 heavy (non-hydrogen) atoms. The van der Waals surface area contributed by atoms with E-state index in [0.29, 0.717) is 5.56 Å². The Hall–Kier alpha value is -2.36. The van der Waals surface area contributed by atoms with Crippen LogP contribution in [0.2, 0.25) is 0 Å². The summed E-state index contributed by atoms with van der Waals surface area (Å²) in [5.41, 5.74) is 3.37. The number of pyridine rings is 1. The number of nitrogens with one attached hydrogen (secondary N) is 1. The van der Waals surface area contributed by atoms with E-state index in [2.05, 4.69) is 5.32 Å². The lowest BCUT2D eigenvalue weighted by atomic mass is 10.1. The second-order valence-corrected chi connectivity index (χ2v) is 4.99. The minimum Gasteiger partial charge on any atom is -0.324 e. The number of aromatic nitrogens is 1. The molecule has 0 radical (unpaired) electrons. The maximum atomic E-state index is 12.0. The summed E-state index contributed by atoms with van der Waals surface area (Å²) in [6.07, 6.45) is 1.62. The molecule has 1 heterocycles. The Morgan fingerprint density at radius 3 is 2.65 bits per heavy atom. The van der Waals surface area contributed by atoms with Crippen molar-refractivity contribution in [3.05, 3.63) is 63.6 Å². The van der Waals surface area contributed by atoms with Gasteiger partial charge in [-0.25, -0.2) is 0 Å². The van der Waals surface area contributed by atoms with E-state index in [0.717, 1.165) is 16.8 Å². The number of hydrogen-bond acceptors (Lipinski definition) is 2. The first-order valence-electron chi connectivity index (χ1n) is 6.50. The summed E-state index contributed by atoms with van der Waals surface area (Å²) in [6, 6.07) is 9.38. The normalized spacial score (nSPS) is 10.3. The molecule has 4 heteroatoms. The van der Waals surface area contributed by atoms with Crippen LogP contribution in [-0.2, 0) is 11.3 Å². The van der Waals surface area contributed by atoms with Gasteiger partial charge in [0.25, 0.3) is 5.56 Å². The van der Waals surface area contributed by atoms with E-state index in [4.69, 9.17) is 0 Å². The predicted molar refractivity (Wildman–Crippen MR) is 80.0 cm³/mol. The van der Waals surface area contributed by atoms with E-state index < -0.39 is 0 Å². The van der Waals surface area contributed by atoms with Gasteiger partial charge in [0.15, 0.2) is 0 Å². The third-order valence-electron chi connectivity index (χ3n) is 3.19. The van der Waals surface area contributed by atoms with Crippen molar-refractivity contribution in [2.75, 3.05) is 5.32 Å². The van der Waals surface area contributed by atoms with Gasteiger partial charge in [0.1, 0.15) is 6.54 Å². The van der Waals surface area contributed by atoms with Crippen LogP contribution in [0.5, 0.6) is 0 Å². The lowest BCUT2D eigenvalue weighted by Gasteiger charge is -2.10. The Kier molecular flexibility index (Phi) is 4.03. The third-order valence-corrected chi connectivity index (χ3v) is 3.19. The number of rotatable bonds is 3. The van der Waals surface area contributed by atoms with Gasteiger partial charge >= 0.3 is 0 Å². The van der Waals surface area contributed by atoms with Gasteiger partial charge in [-0.1, -0.05) is 18.2 Å². The molecule has 104 valence electrons. The summed E-state index contributed by atoms with van der Waals surface area (Å²) in [6.45, 7) is 5.67. The van der Waals surface area contributed by atoms with E-state index >= 15 is 0 Å². The van der Waals surface area contributed by atoms with Gasteiger partial charge in [-0.2, -0.15) is 0 Å². The van der Waals surface area contributed by atoms with Gasteiger partial charge in [-0.3, -0.25) is 9.59 Å². The van der Waals surface area contributed by atoms with Crippen molar-refractivity contribution in [2.45, 2.75) is 27.3 Å². The van der Waals surface area contributed by atoms with Crippen LogP contribution in [0.4, 0.5) is 5.69 Å². The fourth-order valence-corrected chi connectivity index (χ4v) is 2.00. The molecule has 1 amide bonds. The van der Waals surface area contributed by atoms with Crippen LogP contribution in [0.1, 0.15) is 16.7 Å². The highest BCUT2D eigenvalue weighted by molar-refractivity contribution is 5.91. The molecule has 0 saturated carbocycles. The lowest BCUT2D eigenvalue weighted by molar-refractivity contribution is -0.116. The Bertz CT molecular complexity index is 702. The van der Waals surface area contributed by atoms with Crippen LogP contribution < -0.4 is 10.9 Å². The zero-order valence-electron chi connectivity index (χ0n) is 11.9. The zero-order chi connectivity index (χ0) is 14.7. The Labute approximate surface area is 118 Å². The first kappa shape index (κ1) is 14.1. The van der Waals surface area contributed by atoms with Gasteiger partial charge in [0.2, 0.25) is 5.91 Å². The highest BCUT2D eigenvalue weighted by atomic mass is 16.2. The molecule has 0 bridgehead atoms. The summed E-state index contributed by atoms with van der Waals surface area (Å²) >= 11 is 0. The average Bonchev–Trinajstić information content (AvgIpc) is 2.39. The molecule has 0 saturated heterocycles. The van der Waals surface area contributed by atoms with E-state index in [-0.39, 0.29) is 18.0 Å². The summed E-state index contributed by atoms with van der Waals surface area (Å²) in [5, 5.41) is 2.85. The summed E-state index contributed by atoms with van der Waals surface area (Å²) in [5.74, 6) is -0.202. The van der Waals surface area contributed by atoms with Gasteiger partial charge in [0, 0.05) is 17.4 Å². The monoisotopic (exact) mass is 270 g/mol. The molecule has 0 aliphatic heterocycles. The van der Waals surface area contributed by atoms with Crippen molar-refractivity contribution in [3.63, 3.8) is 0 Å². The van der Waals surface area contributed by atoms with Gasteiger partial charge in [0.05, 0.1) is 0 Å². The van der Waals surface area contributed by atoms with Crippen LogP contribution in [0.15, 0.2) is 41.3 Å².